The van der Waals surface area contributed by atoms with Crippen LogP contribution in [0.4, 0.5) is 0 Å². The highest BCUT2D eigenvalue weighted by atomic mass is 35.5. The molecule has 9 heteroatoms. The molecular weight excluding hydrogens is 390 g/mol. The SMILES string of the molecule is O=S1(=O)CCC(N(Cc2nnc(-c3ccccc3Cl)o2)CC2CCCO2)C1. The molecule has 2 fully saturated rings. The fourth-order valence-corrected chi connectivity index (χ4v) is 5.67. The van der Waals surface area contributed by atoms with Crippen molar-refractivity contribution in [2.75, 3.05) is 24.7 Å². The molecule has 0 N–H and O–H groups in total. The lowest BCUT2D eigenvalue weighted by Crippen LogP contribution is -2.40. The predicted molar refractivity (Wildman–Crippen MR) is 101 cm³/mol. The largest absolute Gasteiger partial charge is 0.419 e. The van der Waals surface area contributed by atoms with E-state index in [9.17, 15) is 8.42 Å². The van der Waals surface area contributed by atoms with E-state index in [4.69, 9.17) is 20.8 Å². The second-order valence-electron chi connectivity index (χ2n) is 7.10. The van der Waals surface area contributed by atoms with Crippen LogP contribution in [0.1, 0.15) is 25.2 Å². The smallest absolute Gasteiger partial charge is 0.249 e. The van der Waals surface area contributed by atoms with Crippen molar-refractivity contribution in [2.45, 2.75) is 38.0 Å². The number of benzene rings is 1. The number of ether oxygens (including phenoxy) is 1. The third kappa shape index (κ3) is 4.51. The van der Waals surface area contributed by atoms with Crippen molar-refractivity contribution >= 4 is 21.4 Å². The third-order valence-corrected chi connectivity index (χ3v) is 7.18. The molecule has 0 radical (unpaired) electrons. The highest BCUT2D eigenvalue weighted by Crippen LogP contribution is 2.28. The van der Waals surface area contributed by atoms with E-state index in [1.165, 1.54) is 0 Å². The van der Waals surface area contributed by atoms with E-state index in [1.54, 1.807) is 6.07 Å². The average molecular weight is 412 g/mol. The normalized spacial score (nSPS) is 24.7. The fourth-order valence-electron chi connectivity index (χ4n) is 3.69. The van der Waals surface area contributed by atoms with E-state index in [0.29, 0.717) is 41.9 Å². The molecule has 1 aromatic heterocycles. The predicted octanol–water partition coefficient (Wildman–Crippen LogP) is 2.56. The van der Waals surface area contributed by atoms with Crippen LogP contribution in [0, 0.1) is 0 Å². The summed E-state index contributed by atoms with van der Waals surface area (Å²) in [5.41, 5.74) is 0.687. The highest BCUT2D eigenvalue weighted by molar-refractivity contribution is 7.91. The first kappa shape index (κ1) is 18.9. The van der Waals surface area contributed by atoms with Gasteiger partial charge in [-0.15, -0.1) is 10.2 Å². The molecule has 2 saturated heterocycles. The number of hydrogen-bond acceptors (Lipinski definition) is 7. The molecule has 1 aromatic carbocycles. The molecule has 2 aliphatic rings. The Morgan fingerprint density at radius 1 is 1.22 bits per heavy atom. The first-order chi connectivity index (χ1) is 13.0. The second-order valence-corrected chi connectivity index (χ2v) is 9.74. The quantitative estimate of drug-likeness (QED) is 0.721. The molecule has 2 aromatic rings. The lowest BCUT2D eigenvalue weighted by Gasteiger charge is -2.28. The zero-order chi connectivity index (χ0) is 18.9. The summed E-state index contributed by atoms with van der Waals surface area (Å²) in [6.45, 7) is 1.83. The maximum absolute atomic E-state index is 11.9. The van der Waals surface area contributed by atoms with Crippen LogP contribution in [-0.2, 0) is 21.1 Å². The topological polar surface area (TPSA) is 85.5 Å². The molecule has 0 bridgehead atoms. The zero-order valence-electron chi connectivity index (χ0n) is 14.9. The summed E-state index contributed by atoms with van der Waals surface area (Å²) in [5.74, 6) is 1.22. The second kappa shape index (κ2) is 7.87. The van der Waals surface area contributed by atoms with Gasteiger partial charge in [0.2, 0.25) is 11.8 Å². The van der Waals surface area contributed by atoms with Gasteiger partial charge in [0.1, 0.15) is 0 Å². The van der Waals surface area contributed by atoms with Crippen LogP contribution in [0.2, 0.25) is 5.02 Å². The van der Waals surface area contributed by atoms with E-state index in [-0.39, 0.29) is 23.7 Å². The van der Waals surface area contributed by atoms with Crippen LogP contribution in [0.5, 0.6) is 0 Å². The van der Waals surface area contributed by atoms with Crippen molar-refractivity contribution in [1.82, 2.24) is 15.1 Å². The maximum Gasteiger partial charge on any atom is 0.249 e. The van der Waals surface area contributed by atoms with Crippen LogP contribution in [0.15, 0.2) is 28.7 Å². The van der Waals surface area contributed by atoms with Gasteiger partial charge in [0, 0.05) is 19.2 Å². The number of sulfone groups is 1. The number of rotatable bonds is 6. The molecule has 0 amide bonds. The first-order valence-corrected chi connectivity index (χ1v) is 11.3. The van der Waals surface area contributed by atoms with Crippen molar-refractivity contribution < 1.29 is 17.6 Å². The zero-order valence-corrected chi connectivity index (χ0v) is 16.5. The van der Waals surface area contributed by atoms with E-state index < -0.39 is 9.84 Å². The molecule has 0 aliphatic carbocycles. The molecule has 2 unspecified atom stereocenters. The minimum atomic E-state index is -2.98. The summed E-state index contributed by atoms with van der Waals surface area (Å²) in [6, 6.07) is 7.25. The van der Waals surface area contributed by atoms with Gasteiger partial charge in [0.15, 0.2) is 9.84 Å². The van der Waals surface area contributed by atoms with Gasteiger partial charge in [0.05, 0.1) is 34.7 Å². The van der Waals surface area contributed by atoms with Crippen molar-refractivity contribution in [1.29, 1.82) is 0 Å². The van der Waals surface area contributed by atoms with Gasteiger partial charge in [-0.1, -0.05) is 23.7 Å². The minimum absolute atomic E-state index is 0.0464. The highest BCUT2D eigenvalue weighted by Gasteiger charge is 2.34. The lowest BCUT2D eigenvalue weighted by molar-refractivity contribution is 0.0539. The molecular formula is C18H22ClN3O4S. The van der Waals surface area contributed by atoms with Crippen LogP contribution in [-0.4, -0.2) is 60.3 Å². The standard InChI is InChI=1S/C18H22ClN3O4S/c19-16-6-2-1-5-15(16)18-21-20-17(26-18)11-22(10-14-4-3-8-25-14)13-7-9-27(23,24)12-13/h1-2,5-6,13-14H,3-4,7-12H2. The van der Waals surface area contributed by atoms with Crippen LogP contribution in [0.25, 0.3) is 11.5 Å². The van der Waals surface area contributed by atoms with Gasteiger partial charge < -0.3 is 9.15 Å². The lowest BCUT2D eigenvalue weighted by atomic mass is 10.1. The minimum Gasteiger partial charge on any atom is -0.419 e. The molecule has 0 spiro atoms. The Labute approximate surface area is 163 Å². The Morgan fingerprint density at radius 3 is 2.78 bits per heavy atom. The third-order valence-electron chi connectivity index (χ3n) is 5.10. The Bertz CT molecular complexity index is 896. The number of nitrogens with zero attached hydrogens (tertiary/aromatic N) is 3. The van der Waals surface area contributed by atoms with Gasteiger partial charge in [0.25, 0.3) is 0 Å². The van der Waals surface area contributed by atoms with E-state index in [2.05, 4.69) is 15.1 Å². The fraction of sp³-hybridized carbons (Fsp3) is 0.556. The van der Waals surface area contributed by atoms with Crippen molar-refractivity contribution in [3.63, 3.8) is 0 Å². The molecule has 0 saturated carbocycles. The van der Waals surface area contributed by atoms with Gasteiger partial charge in [-0.25, -0.2) is 8.42 Å². The number of hydrogen-bond donors (Lipinski definition) is 0. The molecule has 3 heterocycles. The van der Waals surface area contributed by atoms with Gasteiger partial charge >= 0.3 is 0 Å². The summed E-state index contributed by atoms with van der Waals surface area (Å²) in [6.07, 6.45) is 2.78. The molecule has 27 heavy (non-hydrogen) atoms. The molecule has 2 aliphatic heterocycles. The molecule has 2 atom stereocenters. The number of halogens is 1. The maximum atomic E-state index is 11.9. The Morgan fingerprint density at radius 2 is 2.07 bits per heavy atom. The average Bonchev–Trinajstić information content (AvgIpc) is 3.36. The summed E-state index contributed by atoms with van der Waals surface area (Å²) < 4.78 is 35.4. The number of aromatic nitrogens is 2. The van der Waals surface area contributed by atoms with Crippen molar-refractivity contribution in [3.05, 3.63) is 35.2 Å². The van der Waals surface area contributed by atoms with Gasteiger partial charge in [-0.05, 0) is 31.4 Å². The molecule has 146 valence electrons. The van der Waals surface area contributed by atoms with Crippen LogP contribution >= 0.6 is 11.6 Å². The van der Waals surface area contributed by atoms with Crippen LogP contribution < -0.4 is 0 Å². The van der Waals surface area contributed by atoms with Gasteiger partial charge in [-0.2, -0.15) is 0 Å². The molecule has 4 rings (SSSR count). The Hall–Kier alpha value is -1.48. The van der Waals surface area contributed by atoms with E-state index in [0.717, 1.165) is 19.4 Å². The summed E-state index contributed by atoms with van der Waals surface area (Å²) in [4.78, 5) is 2.12. The first-order valence-electron chi connectivity index (χ1n) is 9.13. The van der Waals surface area contributed by atoms with Gasteiger partial charge in [-0.3, -0.25) is 4.90 Å². The summed E-state index contributed by atoms with van der Waals surface area (Å²) in [5, 5.41) is 8.81. The summed E-state index contributed by atoms with van der Waals surface area (Å²) in [7, 11) is -2.98. The van der Waals surface area contributed by atoms with Crippen molar-refractivity contribution in [3.8, 4) is 11.5 Å². The monoisotopic (exact) mass is 411 g/mol. The summed E-state index contributed by atoms with van der Waals surface area (Å²) >= 11 is 6.20. The van der Waals surface area contributed by atoms with Crippen LogP contribution in [0.3, 0.4) is 0 Å². The van der Waals surface area contributed by atoms with E-state index in [1.807, 2.05) is 18.2 Å². The molecule has 7 nitrogen and oxygen atoms in total. The van der Waals surface area contributed by atoms with E-state index >= 15 is 0 Å². The van der Waals surface area contributed by atoms with Crippen molar-refractivity contribution in [2.24, 2.45) is 0 Å². The Kier molecular flexibility index (Phi) is 5.50. The Balaban J connectivity index is 1.52.